The quantitative estimate of drug-likeness (QED) is 0.466. The molecule has 1 aromatic carbocycles. The maximum atomic E-state index is 12.7. The van der Waals surface area contributed by atoms with E-state index in [9.17, 15) is 9.59 Å². The van der Waals surface area contributed by atoms with Gasteiger partial charge in [0, 0.05) is 27.5 Å². The van der Waals surface area contributed by atoms with Gasteiger partial charge >= 0.3 is 5.97 Å². The molecule has 27 heavy (non-hydrogen) atoms. The molecule has 2 heterocycles. The molecule has 1 aromatic heterocycles. The Balaban J connectivity index is 1.84. The zero-order valence-corrected chi connectivity index (χ0v) is 16.5. The van der Waals surface area contributed by atoms with Gasteiger partial charge in [0.2, 0.25) is 0 Å². The summed E-state index contributed by atoms with van der Waals surface area (Å²) in [4.78, 5) is 29.6. The topological polar surface area (TPSA) is 71.2 Å². The second kappa shape index (κ2) is 6.93. The number of ether oxygens (including phenoxy) is 1. The largest absolute Gasteiger partial charge is 0.462 e. The monoisotopic (exact) mass is 382 g/mol. The molecular formula is C21H22N2O3S. The Morgan fingerprint density at radius 1 is 1.26 bits per heavy atom. The summed E-state index contributed by atoms with van der Waals surface area (Å²) >= 11 is 1.76. The number of carbonyl (C=O) groups excluding carboxylic acids is 2. The van der Waals surface area contributed by atoms with Gasteiger partial charge in [-0.25, -0.2) is 4.79 Å². The summed E-state index contributed by atoms with van der Waals surface area (Å²) < 4.78 is 5.22. The van der Waals surface area contributed by atoms with Gasteiger partial charge in [-0.3, -0.25) is 4.79 Å². The molecule has 0 spiro atoms. The number of anilines is 1. The lowest BCUT2D eigenvalue weighted by atomic mass is 9.99. The fourth-order valence-corrected chi connectivity index (χ4v) is 4.69. The van der Waals surface area contributed by atoms with Crippen LogP contribution in [0.3, 0.4) is 0 Å². The average molecular weight is 382 g/mol. The van der Waals surface area contributed by atoms with E-state index in [1.54, 1.807) is 18.7 Å². The first kappa shape index (κ1) is 17.9. The molecule has 0 saturated carbocycles. The van der Waals surface area contributed by atoms with E-state index in [4.69, 9.17) is 4.74 Å². The van der Waals surface area contributed by atoms with Crippen LogP contribution in [-0.4, -0.2) is 29.2 Å². The molecule has 5 nitrogen and oxygen atoms in total. The van der Waals surface area contributed by atoms with Crippen LogP contribution >= 0.6 is 11.8 Å². The summed E-state index contributed by atoms with van der Waals surface area (Å²) in [7, 11) is 0. The van der Waals surface area contributed by atoms with E-state index in [0.717, 1.165) is 62.8 Å². The Kier molecular flexibility index (Phi) is 4.60. The predicted octanol–water partition coefficient (Wildman–Crippen LogP) is 4.42. The first-order valence-electron chi connectivity index (χ1n) is 9.25. The SMILES string of the molecule is CCOC(=O)c1c(C)[nH]c2c1CC/C2=C1/C(=O)Nc2ccc(SCC)cc21. The van der Waals surface area contributed by atoms with Gasteiger partial charge in [-0.15, -0.1) is 11.8 Å². The van der Waals surface area contributed by atoms with E-state index in [2.05, 4.69) is 23.3 Å². The fraction of sp³-hybridized carbons (Fsp3) is 0.333. The van der Waals surface area contributed by atoms with Crippen molar-refractivity contribution in [3.63, 3.8) is 0 Å². The molecule has 4 rings (SSSR count). The minimum absolute atomic E-state index is 0.0727. The van der Waals surface area contributed by atoms with Gasteiger partial charge in [0.15, 0.2) is 0 Å². The molecule has 0 fully saturated rings. The van der Waals surface area contributed by atoms with Gasteiger partial charge in [0.25, 0.3) is 5.91 Å². The molecule has 140 valence electrons. The number of aryl methyl sites for hydroxylation is 1. The van der Waals surface area contributed by atoms with Crippen LogP contribution in [0.15, 0.2) is 23.1 Å². The van der Waals surface area contributed by atoms with Crippen LogP contribution in [0.2, 0.25) is 0 Å². The Morgan fingerprint density at radius 2 is 2.07 bits per heavy atom. The highest BCUT2D eigenvalue weighted by molar-refractivity contribution is 7.99. The molecule has 0 atom stereocenters. The number of benzene rings is 1. The van der Waals surface area contributed by atoms with E-state index in [0.29, 0.717) is 12.2 Å². The van der Waals surface area contributed by atoms with Crippen LogP contribution in [0.4, 0.5) is 5.69 Å². The van der Waals surface area contributed by atoms with E-state index in [-0.39, 0.29) is 11.9 Å². The number of H-pyrrole nitrogens is 1. The van der Waals surface area contributed by atoms with Crippen LogP contribution in [-0.2, 0) is 16.0 Å². The lowest BCUT2D eigenvalue weighted by molar-refractivity contribution is -0.110. The number of thioether (sulfide) groups is 1. The minimum Gasteiger partial charge on any atom is -0.462 e. The molecule has 1 aliphatic carbocycles. The first-order valence-corrected chi connectivity index (χ1v) is 10.2. The molecule has 1 aliphatic heterocycles. The van der Waals surface area contributed by atoms with Crippen LogP contribution in [0, 0.1) is 6.92 Å². The number of aromatic amines is 1. The van der Waals surface area contributed by atoms with Crippen LogP contribution in [0.1, 0.15) is 53.1 Å². The van der Waals surface area contributed by atoms with Crippen molar-refractivity contribution >= 4 is 40.5 Å². The molecule has 1 amide bonds. The number of rotatable bonds is 4. The molecule has 0 unspecified atom stereocenters. The number of nitrogens with one attached hydrogen (secondary N) is 2. The van der Waals surface area contributed by atoms with E-state index in [1.165, 1.54) is 0 Å². The molecule has 0 radical (unpaired) electrons. The summed E-state index contributed by atoms with van der Waals surface area (Å²) in [6.07, 6.45) is 1.47. The number of allylic oxidation sites excluding steroid dienone is 1. The fourth-order valence-electron chi connectivity index (χ4n) is 3.99. The second-order valence-corrected chi connectivity index (χ2v) is 7.98. The van der Waals surface area contributed by atoms with Crippen LogP contribution < -0.4 is 5.32 Å². The van der Waals surface area contributed by atoms with E-state index < -0.39 is 0 Å². The number of aromatic nitrogens is 1. The van der Waals surface area contributed by atoms with E-state index >= 15 is 0 Å². The number of fused-ring (bicyclic) bond motifs is 2. The number of esters is 1. The number of amides is 1. The van der Waals surface area contributed by atoms with Crippen molar-refractivity contribution in [3.05, 3.63) is 46.3 Å². The highest BCUT2D eigenvalue weighted by atomic mass is 32.2. The summed E-state index contributed by atoms with van der Waals surface area (Å²) in [5.41, 5.74) is 6.80. The maximum absolute atomic E-state index is 12.7. The van der Waals surface area contributed by atoms with Gasteiger partial charge in [-0.05, 0) is 61.8 Å². The van der Waals surface area contributed by atoms with Crippen molar-refractivity contribution in [1.82, 2.24) is 4.98 Å². The van der Waals surface area contributed by atoms with Crippen molar-refractivity contribution in [2.24, 2.45) is 0 Å². The third kappa shape index (κ3) is 2.88. The molecule has 6 heteroatoms. The Bertz CT molecular complexity index is 988. The highest BCUT2D eigenvalue weighted by Gasteiger charge is 2.34. The third-order valence-corrected chi connectivity index (χ3v) is 5.92. The predicted molar refractivity (Wildman–Crippen MR) is 108 cm³/mol. The van der Waals surface area contributed by atoms with Crippen LogP contribution in [0.25, 0.3) is 11.1 Å². The van der Waals surface area contributed by atoms with Crippen molar-refractivity contribution in [2.75, 3.05) is 17.7 Å². The van der Waals surface area contributed by atoms with Gasteiger partial charge < -0.3 is 15.0 Å². The van der Waals surface area contributed by atoms with Gasteiger partial charge in [0.05, 0.1) is 17.7 Å². The standard InChI is InChI=1S/C21H22N2O3S/c1-4-26-21(25)17-11(3)22-19-13(17)7-8-14(19)18-15-10-12(27-5-2)6-9-16(15)23-20(18)24/h6,9-10,22H,4-5,7-8H2,1-3H3,(H,23,24)/b18-14-. The Morgan fingerprint density at radius 3 is 2.81 bits per heavy atom. The molecular weight excluding hydrogens is 360 g/mol. The molecule has 2 N–H and O–H groups in total. The summed E-state index contributed by atoms with van der Waals surface area (Å²) in [6, 6.07) is 6.10. The normalized spacial score (nSPS) is 17.7. The van der Waals surface area contributed by atoms with Crippen molar-refractivity contribution in [2.45, 2.75) is 38.5 Å². The smallest absolute Gasteiger partial charge is 0.340 e. The van der Waals surface area contributed by atoms with Gasteiger partial charge in [0.1, 0.15) is 0 Å². The first-order chi connectivity index (χ1) is 13.0. The lowest BCUT2D eigenvalue weighted by Crippen LogP contribution is -2.07. The number of carbonyl (C=O) groups is 2. The second-order valence-electron chi connectivity index (χ2n) is 6.65. The zero-order valence-electron chi connectivity index (χ0n) is 15.7. The maximum Gasteiger partial charge on any atom is 0.340 e. The molecule has 2 aromatic rings. The van der Waals surface area contributed by atoms with Crippen molar-refractivity contribution < 1.29 is 14.3 Å². The number of hydrogen-bond acceptors (Lipinski definition) is 4. The third-order valence-electron chi connectivity index (χ3n) is 5.05. The molecule has 0 bridgehead atoms. The minimum atomic E-state index is -0.295. The summed E-state index contributed by atoms with van der Waals surface area (Å²) in [5.74, 6) is 0.614. The lowest BCUT2D eigenvalue weighted by Gasteiger charge is -2.06. The van der Waals surface area contributed by atoms with E-state index in [1.807, 2.05) is 19.1 Å². The van der Waals surface area contributed by atoms with Crippen molar-refractivity contribution in [1.29, 1.82) is 0 Å². The molecule has 2 aliphatic rings. The van der Waals surface area contributed by atoms with Crippen molar-refractivity contribution in [3.8, 4) is 0 Å². The van der Waals surface area contributed by atoms with Gasteiger partial charge in [-0.2, -0.15) is 0 Å². The average Bonchev–Trinajstić information content (AvgIpc) is 3.25. The molecule has 0 saturated heterocycles. The zero-order chi connectivity index (χ0) is 19.1. The Labute approximate surface area is 162 Å². The number of hydrogen-bond donors (Lipinski definition) is 2. The summed E-state index contributed by atoms with van der Waals surface area (Å²) in [6.45, 7) is 6.15. The highest BCUT2D eigenvalue weighted by Crippen LogP contribution is 2.45. The Hall–Kier alpha value is -2.47. The van der Waals surface area contributed by atoms with Crippen LogP contribution in [0.5, 0.6) is 0 Å². The van der Waals surface area contributed by atoms with Gasteiger partial charge in [-0.1, -0.05) is 6.92 Å². The summed E-state index contributed by atoms with van der Waals surface area (Å²) in [5, 5.41) is 2.98.